The third kappa shape index (κ3) is 4.37. The van der Waals surface area contributed by atoms with E-state index in [2.05, 4.69) is 22.0 Å². The molecular weight excluding hydrogens is 461 g/mol. The van der Waals surface area contributed by atoms with E-state index < -0.39 is 11.7 Å². The number of fused-ring (bicyclic) bond motifs is 1. The van der Waals surface area contributed by atoms with Crippen molar-refractivity contribution in [2.24, 2.45) is 0 Å². The lowest BCUT2D eigenvalue weighted by molar-refractivity contribution is -0.137. The van der Waals surface area contributed by atoms with E-state index in [0.717, 1.165) is 48.1 Å². The molecular formula is C24H23F3N6S. The van der Waals surface area contributed by atoms with Crippen molar-refractivity contribution >= 4 is 38.9 Å². The smallest absolute Gasteiger partial charge is 0.391 e. The summed E-state index contributed by atoms with van der Waals surface area (Å²) in [4.78, 5) is 10.2. The van der Waals surface area contributed by atoms with Crippen LogP contribution in [0.15, 0.2) is 49.2 Å². The van der Waals surface area contributed by atoms with Crippen molar-refractivity contribution in [3.63, 3.8) is 0 Å². The minimum atomic E-state index is -4.41. The predicted octanol–water partition coefficient (Wildman–Crippen LogP) is 6.74. The second-order valence-corrected chi connectivity index (χ2v) is 9.51. The van der Waals surface area contributed by atoms with Crippen LogP contribution in [0.3, 0.4) is 0 Å². The van der Waals surface area contributed by atoms with Gasteiger partial charge in [-0.1, -0.05) is 38.0 Å². The highest BCUT2D eigenvalue weighted by Crippen LogP contribution is 2.35. The van der Waals surface area contributed by atoms with Crippen LogP contribution in [0.1, 0.15) is 48.6 Å². The number of thiophene rings is 1. The van der Waals surface area contributed by atoms with E-state index in [1.54, 1.807) is 12.3 Å². The number of hydrogen-bond donors (Lipinski definition) is 2. The van der Waals surface area contributed by atoms with Gasteiger partial charge in [-0.3, -0.25) is 0 Å². The lowest BCUT2D eigenvalue weighted by Crippen LogP contribution is -2.15. The Labute approximate surface area is 198 Å². The molecule has 0 bridgehead atoms. The Balaban J connectivity index is 1.59. The zero-order valence-electron chi connectivity index (χ0n) is 18.3. The van der Waals surface area contributed by atoms with Crippen LogP contribution in [0, 0.1) is 0 Å². The Morgan fingerprint density at radius 2 is 1.79 bits per heavy atom. The van der Waals surface area contributed by atoms with Gasteiger partial charge in [0.2, 0.25) is 0 Å². The third-order valence-corrected chi connectivity index (χ3v) is 7.01. The quantitative estimate of drug-likeness (QED) is 0.328. The summed E-state index contributed by atoms with van der Waals surface area (Å²) in [5.41, 5.74) is 6.90. The fourth-order valence-corrected chi connectivity index (χ4v) is 4.97. The summed E-state index contributed by atoms with van der Waals surface area (Å²) < 4.78 is 41.1. The first-order chi connectivity index (χ1) is 16.3. The first-order valence-corrected chi connectivity index (χ1v) is 11.9. The van der Waals surface area contributed by atoms with Gasteiger partial charge in [0, 0.05) is 11.3 Å². The monoisotopic (exact) mass is 484 g/mol. The summed E-state index contributed by atoms with van der Waals surface area (Å²) >= 11 is 1.40. The van der Waals surface area contributed by atoms with Gasteiger partial charge >= 0.3 is 6.18 Å². The molecule has 6 nitrogen and oxygen atoms in total. The van der Waals surface area contributed by atoms with E-state index in [-0.39, 0.29) is 6.04 Å². The lowest BCUT2D eigenvalue weighted by atomic mass is 9.96. The van der Waals surface area contributed by atoms with E-state index in [4.69, 9.17) is 10.7 Å². The first-order valence-electron chi connectivity index (χ1n) is 11.0. The third-order valence-electron chi connectivity index (χ3n) is 6.04. The van der Waals surface area contributed by atoms with Crippen LogP contribution in [0.25, 0.3) is 28.1 Å². The van der Waals surface area contributed by atoms with E-state index in [9.17, 15) is 13.2 Å². The first kappa shape index (κ1) is 22.4. The number of rotatable bonds is 5. The second kappa shape index (κ2) is 8.75. The summed E-state index contributed by atoms with van der Waals surface area (Å²) in [5.74, 6) is 0.818. The standard InChI is InChI=1S/C24H23F3N6S/c1-14(19-11-12-20(28)34-19)30-22-18-13-29-33(17-5-3-2-4-6-17)23(18)32-21(31-22)15-7-9-16(10-8-15)24(25,26)27/h7-13,17H,1-6,28H2,(H,30,31,32). The largest absolute Gasteiger partial charge is 0.416 e. The molecule has 3 N–H and O–H groups in total. The molecule has 34 heavy (non-hydrogen) atoms. The zero-order valence-corrected chi connectivity index (χ0v) is 19.1. The maximum absolute atomic E-state index is 13.0. The van der Waals surface area contributed by atoms with Gasteiger partial charge < -0.3 is 11.1 Å². The molecule has 1 aliphatic carbocycles. The second-order valence-electron chi connectivity index (χ2n) is 8.39. The van der Waals surface area contributed by atoms with Gasteiger partial charge in [0.15, 0.2) is 11.5 Å². The molecule has 1 aromatic carbocycles. The molecule has 1 saturated carbocycles. The van der Waals surface area contributed by atoms with Gasteiger partial charge in [-0.15, -0.1) is 11.3 Å². The van der Waals surface area contributed by atoms with Gasteiger partial charge in [0.25, 0.3) is 0 Å². The number of benzene rings is 1. The molecule has 176 valence electrons. The van der Waals surface area contributed by atoms with Crippen LogP contribution < -0.4 is 11.1 Å². The molecule has 0 aliphatic heterocycles. The Morgan fingerprint density at radius 1 is 1.06 bits per heavy atom. The summed E-state index contributed by atoms with van der Waals surface area (Å²) in [6, 6.07) is 8.78. The highest BCUT2D eigenvalue weighted by Gasteiger charge is 2.30. The number of nitrogen functional groups attached to an aromatic ring is 1. The van der Waals surface area contributed by atoms with Crippen LogP contribution in [-0.2, 0) is 6.18 Å². The minimum Gasteiger partial charge on any atom is -0.391 e. The number of halogens is 3. The number of nitrogens with zero attached hydrogens (tertiary/aromatic N) is 4. The Morgan fingerprint density at radius 3 is 2.44 bits per heavy atom. The molecule has 0 saturated heterocycles. The lowest BCUT2D eigenvalue weighted by Gasteiger charge is -2.22. The molecule has 3 heterocycles. The zero-order chi connectivity index (χ0) is 23.9. The topological polar surface area (TPSA) is 81.7 Å². The Kier molecular flexibility index (Phi) is 5.76. The Bertz CT molecular complexity index is 1330. The van der Waals surface area contributed by atoms with Crippen LogP contribution in [-0.4, -0.2) is 19.7 Å². The van der Waals surface area contributed by atoms with E-state index in [0.29, 0.717) is 33.6 Å². The van der Waals surface area contributed by atoms with Gasteiger partial charge in [0.1, 0.15) is 5.82 Å². The number of nitrogens with two attached hydrogens (primary N) is 1. The van der Waals surface area contributed by atoms with Gasteiger partial charge in [-0.2, -0.15) is 18.3 Å². The van der Waals surface area contributed by atoms with E-state index in [1.807, 2.05) is 10.7 Å². The number of anilines is 2. The van der Waals surface area contributed by atoms with Gasteiger partial charge in [-0.25, -0.2) is 14.6 Å². The van der Waals surface area contributed by atoms with Crippen molar-refractivity contribution in [1.29, 1.82) is 0 Å². The number of nitrogens with one attached hydrogen (secondary N) is 1. The number of hydrogen-bond acceptors (Lipinski definition) is 6. The van der Waals surface area contributed by atoms with Crippen molar-refractivity contribution in [2.75, 3.05) is 11.1 Å². The van der Waals surface area contributed by atoms with Gasteiger partial charge in [-0.05, 0) is 37.1 Å². The van der Waals surface area contributed by atoms with Gasteiger partial charge in [0.05, 0.1) is 33.1 Å². The molecule has 0 amide bonds. The molecule has 5 rings (SSSR count). The Hall–Kier alpha value is -3.40. The number of alkyl halides is 3. The summed E-state index contributed by atoms with van der Waals surface area (Å²) in [6.07, 6.45) is 2.82. The highest BCUT2D eigenvalue weighted by atomic mass is 32.1. The average Bonchev–Trinajstić information content (AvgIpc) is 3.46. The van der Waals surface area contributed by atoms with Crippen molar-refractivity contribution in [3.8, 4) is 11.4 Å². The van der Waals surface area contributed by atoms with E-state index in [1.165, 1.54) is 29.9 Å². The van der Waals surface area contributed by atoms with E-state index >= 15 is 0 Å². The molecule has 4 aromatic rings. The van der Waals surface area contributed by atoms with Crippen molar-refractivity contribution in [3.05, 3.63) is 59.6 Å². The molecule has 3 aromatic heterocycles. The molecule has 0 unspecified atom stereocenters. The fraction of sp³-hybridized carbons (Fsp3) is 0.292. The summed E-state index contributed by atoms with van der Waals surface area (Å²) in [5, 5.41) is 9.27. The fourth-order valence-electron chi connectivity index (χ4n) is 4.27. The van der Waals surface area contributed by atoms with Crippen LogP contribution in [0.5, 0.6) is 0 Å². The SMILES string of the molecule is C=C(Nc1nc(-c2ccc(C(F)(F)F)cc2)nc2c1cnn2C1CCCCC1)c1ccc(N)s1. The summed E-state index contributed by atoms with van der Waals surface area (Å²) in [6.45, 7) is 4.11. The minimum absolute atomic E-state index is 0.231. The van der Waals surface area contributed by atoms with Crippen molar-refractivity contribution in [1.82, 2.24) is 19.7 Å². The molecule has 0 radical (unpaired) electrons. The normalized spacial score (nSPS) is 15.0. The highest BCUT2D eigenvalue weighted by molar-refractivity contribution is 7.16. The van der Waals surface area contributed by atoms with Crippen LogP contribution in [0.2, 0.25) is 0 Å². The van der Waals surface area contributed by atoms with Crippen LogP contribution >= 0.6 is 11.3 Å². The maximum atomic E-state index is 13.0. The molecule has 1 fully saturated rings. The predicted molar refractivity (Wildman–Crippen MR) is 129 cm³/mol. The molecule has 10 heteroatoms. The van der Waals surface area contributed by atoms with Crippen LogP contribution in [0.4, 0.5) is 24.0 Å². The van der Waals surface area contributed by atoms with Crippen molar-refractivity contribution < 1.29 is 13.2 Å². The molecule has 1 aliphatic rings. The average molecular weight is 485 g/mol. The van der Waals surface area contributed by atoms with Crippen molar-refractivity contribution in [2.45, 2.75) is 44.3 Å². The molecule has 0 atom stereocenters. The molecule has 0 spiro atoms. The summed E-state index contributed by atoms with van der Waals surface area (Å²) in [7, 11) is 0. The number of aromatic nitrogens is 4. The maximum Gasteiger partial charge on any atom is 0.416 e.